The third kappa shape index (κ3) is 9.64. The first kappa shape index (κ1) is 11.2. The Morgan fingerprint density at radius 3 is 2.38 bits per heavy atom. The molecule has 0 fully saturated rings. The van der Waals surface area contributed by atoms with Crippen LogP contribution in [0.15, 0.2) is 0 Å². The molecular formula is C4H8CaO3. The summed E-state index contributed by atoms with van der Waals surface area (Å²) in [5.74, 6) is -0.924. The molecule has 0 atom stereocenters. The van der Waals surface area contributed by atoms with Crippen LogP contribution in [-0.2, 0) is 9.59 Å². The van der Waals surface area contributed by atoms with Gasteiger partial charge in [0, 0.05) is 6.42 Å². The van der Waals surface area contributed by atoms with E-state index in [1.165, 1.54) is 0 Å². The fourth-order valence-corrected chi connectivity index (χ4v) is 0.182. The van der Waals surface area contributed by atoms with Gasteiger partial charge in [-0.25, -0.2) is 0 Å². The maximum atomic E-state index is 9.60. The van der Waals surface area contributed by atoms with Crippen molar-refractivity contribution < 1.29 is 17.5 Å². The molecule has 0 aliphatic heterocycles. The van der Waals surface area contributed by atoms with Crippen molar-refractivity contribution in [2.24, 2.45) is 0 Å². The van der Waals surface area contributed by atoms with Crippen LogP contribution in [0, 0.1) is 0 Å². The first-order valence-corrected chi connectivity index (χ1v) is 1.93. The van der Waals surface area contributed by atoms with Crippen LogP contribution in [0.3, 0.4) is 0 Å². The smallest absolute Gasteiger partial charge is 1.00 e. The van der Waals surface area contributed by atoms with E-state index in [0.717, 1.165) is 0 Å². The molecular weight excluding hydrogens is 136 g/mol. The Balaban J connectivity index is -0.0000000600. The molecule has 1 N–H and O–H groups in total. The summed E-state index contributed by atoms with van der Waals surface area (Å²) in [5.41, 5.74) is 0. The number of carbonyl (C=O) groups excluding carboxylic acids is 1. The van der Waals surface area contributed by atoms with Gasteiger partial charge in [0.25, 0.3) is 0 Å². The van der Waals surface area contributed by atoms with Gasteiger partial charge in [-0.2, -0.15) is 0 Å². The Kier molecular flexibility index (Phi) is 10.4. The molecule has 8 heavy (non-hydrogen) atoms. The zero-order chi connectivity index (χ0) is 5.70. The summed E-state index contributed by atoms with van der Waals surface area (Å²) in [7, 11) is 0. The zero-order valence-corrected chi connectivity index (χ0v) is 6.67. The Morgan fingerprint density at radius 2 is 2.25 bits per heavy atom. The van der Waals surface area contributed by atoms with Gasteiger partial charge in [0.2, 0.25) is 0 Å². The number of rotatable bonds is 3. The van der Waals surface area contributed by atoms with Crippen molar-refractivity contribution in [2.75, 3.05) is 0 Å². The molecule has 0 aromatic carbocycles. The summed E-state index contributed by atoms with van der Waals surface area (Å²) in [5, 5.41) is 7.89. The second kappa shape index (κ2) is 7.40. The van der Waals surface area contributed by atoms with Gasteiger partial charge in [-0.1, -0.05) is 0 Å². The van der Waals surface area contributed by atoms with Gasteiger partial charge in [0.15, 0.2) is 0 Å². The van der Waals surface area contributed by atoms with Gasteiger partial charge in [-0.05, 0) is 0 Å². The second-order valence-corrected chi connectivity index (χ2v) is 1.10. The standard InChI is InChI=1S/C4H6O3.Ca.2H/c5-3-1-2-4(6)7;;;/h3H,1-2H2,(H,6,7);;;/q;+2;2*-1. The van der Waals surface area contributed by atoms with Crippen LogP contribution in [-0.4, -0.2) is 55.1 Å². The first-order chi connectivity index (χ1) is 3.27. The summed E-state index contributed by atoms with van der Waals surface area (Å²) in [6, 6.07) is 0. The molecule has 0 radical (unpaired) electrons. The van der Waals surface area contributed by atoms with Crippen LogP contribution in [0.1, 0.15) is 15.7 Å². The van der Waals surface area contributed by atoms with Crippen molar-refractivity contribution in [1.29, 1.82) is 0 Å². The zero-order valence-electron chi connectivity index (χ0n) is 6.46. The number of carboxylic acids is 1. The summed E-state index contributed by atoms with van der Waals surface area (Å²) in [6.45, 7) is 0. The molecule has 0 amide bonds. The first-order valence-electron chi connectivity index (χ1n) is 1.93. The molecule has 0 bridgehead atoms. The van der Waals surface area contributed by atoms with E-state index in [1.807, 2.05) is 0 Å². The third-order valence-electron chi connectivity index (χ3n) is 0.476. The normalized spacial score (nSPS) is 7.00. The molecule has 0 saturated carbocycles. The van der Waals surface area contributed by atoms with Crippen LogP contribution in [0.2, 0.25) is 0 Å². The number of aliphatic carboxylic acids is 1. The number of aldehydes is 1. The monoisotopic (exact) mass is 144 g/mol. The maximum absolute atomic E-state index is 9.60. The summed E-state index contributed by atoms with van der Waals surface area (Å²) in [6.07, 6.45) is 0.660. The van der Waals surface area contributed by atoms with E-state index in [4.69, 9.17) is 5.11 Å². The van der Waals surface area contributed by atoms with Crippen molar-refractivity contribution in [2.45, 2.75) is 12.8 Å². The van der Waals surface area contributed by atoms with E-state index in [-0.39, 0.29) is 53.4 Å². The van der Waals surface area contributed by atoms with Crippen LogP contribution >= 0.6 is 0 Å². The van der Waals surface area contributed by atoms with Gasteiger partial charge in [0.05, 0.1) is 6.42 Å². The molecule has 0 rings (SSSR count). The summed E-state index contributed by atoms with van der Waals surface area (Å²) >= 11 is 0. The molecule has 0 unspecified atom stereocenters. The molecule has 0 aliphatic rings. The van der Waals surface area contributed by atoms with Gasteiger partial charge in [0.1, 0.15) is 6.29 Å². The SMILES string of the molecule is O=CCCC(=O)O.[Ca+2].[H-].[H-]. The van der Waals surface area contributed by atoms with Crippen molar-refractivity contribution in [3.05, 3.63) is 0 Å². The minimum absolute atomic E-state index is 0. The Morgan fingerprint density at radius 1 is 1.75 bits per heavy atom. The molecule has 0 heterocycles. The predicted molar refractivity (Wildman–Crippen MR) is 30.9 cm³/mol. The van der Waals surface area contributed by atoms with Crippen molar-refractivity contribution in [3.63, 3.8) is 0 Å². The van der Waals surface area contributed by atoms with E-state index < -0.39 is 5.97 Å². The second-order valence-electron chi connectivity index (χ2n) is 1.10. The summed E-state index contributed by atoms with van der Waals surface area (Å²) in [4.78, 5) is 19.0. The third-order valence-corrected chi connectivity index (χ3v) is 0.476. The molecule has 3 nitrogen and oxygen atoms in total. The van der Waals surface area contributed by atoms with Gasteiger partial charge >= 0.3 is 43.7 Å². The largest absolute Gasteiger partial charge is 2.00 e. The minimum atomic E-state index is -0.924. The van der Waals surface area contributed by atoms with E-state index in [2.05, 4.69) is 0 Å². The van der Waals surface area contributed by atoms with Crippen LogP contribution < -0.4 is 0 Å². The predicted octanol–water partition coefficient (Wildman–Crippen LogP) is -0.106. The Hall–Kier alpha value is 0.400. The molecule has 0 saturated heterocycles. The van der Waals surface area contributed by atoms with Crippen molar-refractivity contribution in [3.8, 4) is 0 Å². The maximum Gasteiger partial charge on any atom is 2.00 e. The van der Waals surface area contributed by atoms with Gasteiger partial charge in [-0.15, -0.1) is 0 Å². The van der Waals surface area contributed by atoms with Crippen LogP contribution in [0.4, 0.5) is 0 Å². The van der Waals surface area contributed by atoms with E-state index in [1.54, 1.807) is 0 Å². The Labute approximate surface area is 80.0 Å². The van der Waals surface area contributed by atoms with E-state index in [0.29, 0.717) is 6.29 Å². The summed E-state index contributed by atoms with van der Waals surface area (Å²) < 4.78 is 0. The molecule has 44 valence electrons. The van der Waals surface area contributed by atoms with E-state index in [9.17, 15) is 9.59 Å². The Bertz CT molecular complexity index is 88.6. The van der Waals surface area contributed by atoms with Crippen molar-refractivity contribution >= 4 is 50.0 Å². The fourth-order valence-electron chi connectivity index (χ4n) is 0.182. The van der Waals surface area contributed by atoms with Gasteiger partial charge in [-0.3, -0.25) is 4.79 Å². The van der Waals surface area contributed by atoms with E-state index >= 15 is 0 Å². The molecule has 0 aliphatic carbocycles. The quantitative estimate of drug-likeness (QED) is 0.444. The number of carboxylic acid groups (broad SMARTS) is 1. The van der Waals surface area contributed by atoms with Crippen molar-refractivity contribution in [1.82, 2.24) is 0 Å². The van der Waals surface area contributed by atoms with Crippen LogP contribution in [0.25, 0.3) is 0 Å². The molecule has 4 heteroatoms. The minimum Gasteiger partial charge on any atom is -1.00 e. The average Bonchev–Trinajstić information content (AvgIpc) is 1.61. The van der Waals surface area contributed by atoms with Gasteiger partial charge < -0.3 is 12.8 Å². The molecule has 0 spiro atoms. The molecule has 0 aromatic rings. The fraction of sp³-hybridized carbons (Fsp3) is 0.500. The van der Waals surface area contributed by atoms with Crippen LogP contribution in [0.5, 0.6) is 0 Å². The molecule has 0 aromatic heterocycles. The number of hydrogen-bond acceptors (Lipinski definition) is 2. The number of hydrogen-bond donors (Lipinski definition) is 1. The number of carbonyl (C=O) groups is 2. The topological polar surface area (TPSA) is 54.4 Å². The average molecular weight is 144 g/mol.